The van der Waals surface area contributed by atoms with Gasteiger partial charge in [-0.3, -0.25) is 4.79 Å². The lowest BCUT2D eigenvalue weighted by atomic mass is 9.92. The summed E-state index contributed by atoms with van der Waals surface area (Å²) in [4.78, 5) is 30.6. The molecule has 11 heteroatoms. The zero-order valence-corrected chi connectivity index (χ0v) is 19.9. The van der Waals surface area contributed by atoms with Gasteiger partial charge >= 0.3 is 6.03 Å². The number of ether oxygens (including phenoxy) is 1. The smallest absolute Gasteiger partial charge is 0.322 e. The van der Waals surface area contributed by atoms with Gasteiger partial charge in [0.05, 0.1) is 22.4 Å². The molecule has 184 valence electrons. The topological polar surface area (TPSA) is 100 Å². The summed E-state index contributed by atoms with van der Waals surface area (Å²) < 4.78 is 32.4. The van der Waals surface area contributed by atoms with Crippen molar-refractivity contribution in [2.24, 2.45) is 0 Å². The molecule has 3 heterocycles. The second-order valence-corrected chi connectivity index (χ2v) is 8.60. The second-order valence-electron chi connectivity index (χ2n) is 8.19. The van der Waals surface area contributed by atoms with Crippen molar-refractivity contribution >= 4 is 23.3 Å². The van der Waals surface area contributed by atoms with E-state index < -0.39 is 18.5 Å². The number of hydrogen-bond acceptors (Lipinski definition) is 5. The van der Waals surface area contributed by atoms with Crippen LogP contribution in [0.15, 0.2) is 41.3 Å². The molecule has 2 aromatic heterocycles. The number of pyridine rings is 1. The molecule has 3 aromatic rings. The fraction of sp³-hybridized carbons (Fsp3) is 0.333. The molecule has 0 radical (unpaired) electrons. The summed E-state index contributed by atoms with van der Waals surface area (Å²) in [6, 6.07) is 6.12. The van der Waals surface area contributed by atoms with Crippen molar-refractivity contribution < 1.29 is 18.3 Å². The number of anilines is 1. The Morgan fingerprint density at radius 3 is 2.83 bits per heavy atom. The van der Waals surface area contributed by atoms with Crippen molar-refractivity contribution in [3.63, 3.8) is 0 Å². The van der Waals surface area contributed by atoms with Crippen molar-refractivity contribution in [3.8, 4) is 17.0 Å². The Balaban J connectivity index is 1.56. The van der Waals surface area contributed by atoms with Gasteiger partial charge < -0.3 is 15.0 Å². The van der Waals surface area contributed by atoms with Crippen LogP contribution in [-0.4, -0.2) is 45.4 Å². The first-order valence-corrected chi connectivity index (χ1v) is 11.5. The van der Waals surface area contributed by atoms with Crippen LogP contribution in [-0.2, 0) is 6.42 Å². The van der Waals surface area contributed by atoms with Gasteiger partial charge in [0.25, 0.3) is 5.56 Å². The highest BCUT2D eigenvalue weighted by Crippen LogP contribution is 2.36. The number of nitrogens with one attached hydrogen (secondary N) is 2. The van der Waals surface area contributed by atoms with E-state index in [2.05, 4.69) is 20.5 Å². The van der Waals surface area contributed by atoms with E-state index in [9.17, 15) is 14.0 Å². The summed E-state index contributed by atoms with van der Waals surface area (Å²) in [6.45, 7) is 3.04. The van der Waals surface area contributed by atoms with Crippen LogP contribution >= 0.6 is 11.6 Å². The molecule has 1 aromatic carbocycles. The third kappa shape index (κ3) is 5.12. The number of aromatic amines is 1. The molecule has 1 aliphatic heterocycles. The van der Waals surface area contributed by atoms with E-state index >= 15 is 4.39 Å². The molecular weight excluding hydrogens is 480 g/mol. The summed E-state index contributed by atoms with van der Waals surface area (Å²) in [5, 5.41) is 9.42. The van der Waals surface area contributed by atoms with Gasteiger partial charge in [0.2, 0.25) is 5.88 Å². The Hall–Kier alpha value is -3.53. The molecule has 2 unspecified atom stereocenters. The van der Waals surface area contributed by atoms with Crippen molar-refractivity contribution in [2.75, 3.05) is 18.6 Å². The van der Waals surface area contributed by atoms with Crippen molar-refractivity contribution in [1.29, 1.82) is 0 Å². The van der Waals surface area contributed by atoms with Crippen LogP contribution in [0.3, 0.4) is 0 Å². The third-order valence-electron chi connectivity index (χ3n) is 5.86. The highest BCUT2D eigenvalue weighted by Gasteiger charge is 2.36. The Morgan fingerprint density at radius 1 is 1.34 bits per heavy atom. The van der Waals surface area contributed by atoms with Crippen LogP contribution < -0.4 is 15.6 Å². The molecule has 2 atom stereocenters. The SMILES string of the molecule is CCC1c2n[nH]c(=O)cc2CC(C)N1C(=O)Nc1cc(Cl)c(-c2ccc(OCCF)nc2)cc1F. The Morgan fingerprint density at radius 2 is 2.14 bits per heavy atom. The van der Waals surface area contributed by atoms with Gasteiger partial charge in [0.15, 0.2) is 0 Å². The minimum absolute atomic E-state index is 0.0677. The number of carbonyl (C=O) groups is 1. The number of rotatable bonds is 6. The molecule has 0 bridgehead atoms. The van der Waals surface area contributed by atoms with E-state index in [-0.39, 0.29) is 40.8 Å². The van der Waals surface area contributed by atoms with Crippen molar-refractivity contribution in [1.82, 2.24) is 20.1 Å². The molecule has 0 spiro atoms. The quantitative estimate of drug-likeness (QED) is 0.498. The number of halogens is 3. The maximum Gasteiger partial charge on any atom is 0.322 e. The number of amides is 2. The maximum absolute atomic E-state index is 15.0. The molecule has 8 nitrogen and oxygen atoms in total. The molecule has 35 heavy (non-hydrogen) atoms. The second kappa shape index (κ2) is 10.4. The average Bonchev–Trinajstić information content (AvgIpc) is 2.84. The lowest BCUT2D eigenvalue weighted by Gasteiger charge is -2.40. The van der Waals surface area contributed by atoms with Crippen LogP contribution in [0.1, 0.15) is 37.6 Å². The zero-order valence-electron chi connectivity index (χ0n) is 19.1. The number of H-pyrrole nitrogens is 1. The summed E-state index contributed by atoms with van der Waals surface area (Å²) in [5.74, 6) is -0.427. The lowest BCUT2D eigenvalue weighted by molar-refractivity contribution is 0.145. The highest BCUT2D eigenvalue weighted by atomic mass is 35.5. The van der Waals surface area contributed by atoms with E-state index in [4.69, 9.17) is 16.3 Å². The summed E-state index contributed by atoms with van der Waals surface area (Å²) in [5.41, 5.74) is 1.98. The number of carbonyl (C=O) groups excluding carboxylic acids is 1. The fourth-order valence-corrected chi connectivity index (χ4v) is 4.58. The van der Waals surface area contributed by atoms with Gasteiger partial charge in [-0.25, -0.2) is 23.7 Å². The molecule has 0 aliphatic carbocycles. The minimum atomic E-state index is -0.670. The van der Waals surface area contributed by atoms with Crippen LogP contribution in [0, 0.1) is 5.82 Å². The zero-order chi connectivity index (χ0) is 25.1. The first kappa shape index (κ1) is 24.6. The fourth-order valence-electron chi connectivity index (χ4n) is 4.30. The normalized spacial score (nSPS) is 17.1. The van der Waals surface area contributed by atoms with Crippen LogP contribution in [0.25, 0.3) is 11.1 Å². The molecule has 2 N–H and O–H groups in total. The van der Waals surface area contributed by atoms with Crippen LogP contribution in [0.4, 0.5) is 19.3 Å². The number of fused-ring (bicyclic) bond motifs is 1. The van der Waals surface area contributed by atoms with E-state index in [0.717, 1.165) is 5.56 Å². The summed E-state index contributed by atoms with van der Waals surface area (Å²) in [7, 11) is 0. The van der Waals surface area contributed by atoms with E-state index in [1.54, 1.807) is 11.0 Å². The van der Waals surface area contributed by atoms with Crippen LogP contribution in [0.2, 0.25) is 5.02 Å². The van der Waals surface area contributed by atoms with Gasteiger partial charge in [-0.15, -0.1) is 0 Å². The Bertz CT molecular complexity index is 1290. The average molecular weight is 504 g/mol. The number of urea groups is 1. The number of nitrogens with zero attached hydrogens (tertiary/aromatic N) is 3. The first-order chi connectivity index (χ1) is 16.8. The molecule has 0 saturated carbocycles. The predicted octanol–water partition coefficient (Wildman–Crippen LogP) is 4.90. The van der Waals surface area contributed by atoms with Crippen molar-refractivity contribution in [2.45, 2.75) is 38.8 Å². The molecular formula is C24H24ClF2N5O3. The van der Waals surface area contributed by atoms with Crippen molar-refractivity contribution in [3.05, 3.63) is 69.0 Å². The molecule has 4 rings (SSSR count). The Labute approximate surface area is 205 Å². The largest absolute Gasteiger partial charge is 0.475 e. The number of benzene rings is 1. The molecule has 0 fully saturated rings. The predicted molar refractivity (Wildman–Crippen MR) is 128 cm³/mol. The van der Waals surface area contributed by atoms with Crippen LogP contribution in [0.5, 0.6) is 5.88 Å². The lowest BCUT2D eigenvalue weighted by Crippen LogP contribution is -2.48. The highest BCUT2D eigenvalue weighted by molar-refractivity contribution is 6.33. The number of aromatic nitrogens is 3. The van der Waals surface area contributed by atoms with E-state index in [1.807, 2.05) is 13.8 Å². The molecule has 1 aliphatic rings. The third-order valence-corrected chi connectivity index (χ3v) is 6.17. The van der Waals surface area contributed by atoms with Gasteiger partial charge in [0.1, 0.15) is 19.1 Å². The van der Waals surface area contributed by atoms with E-state index in [1.165, 1.54) is 30.5 Å². The Kier molecular flexibility index (Phi) is 7.30. The van der Waals surface area contributed by atoms with Gasteiger partial charge in [-0.05, 0) is 43.5 Å². The monoisotopic (exact) mass is 503 g/mol. The maximum atomic E-state index is 15.0. The van der Waals surface area contributed by atoms with Gasteiger partial charge in [0, 0.05) is 35.5 Å². The summed E-state index contributed by atoms with van der Waals surface area (Å²) in [6.07, 6.45) is 2.46. The minimum Gasteiger partial charge on any atom is -0.475 e. The molecule has 2 amide bonds. The van der Waals surface area contributed by atoms with Gasteiger partial charge in [-0.1, -0.05) is 18.5 Å². The number of hydrogen-bond donors (Lipinski definition) is 2. The van der Waals surface area contributed by atoms with Gasteiger partial charge in [-0.2, -0.15) is 5.10 Å². The first-order valence-electron chi connectivity index (χ1n) is 11.1. The van der Waals surface area contributed by atoms with E-state index in [0.29, 0.717) is 29.7 Å². The molecule has 0 saturated heterocycles. The summed E-state index contributed by atoms with van der Waals surface area (Å²) >= 11 is 6.41. The standard InChI is InChI=1S/C24H24ClF2N5O3/c1-3-20-23-15(9-21(33)30-31-23)8-13(2)32(20)24(34)29-19-11-17(25)16(10-18(19)27)14-4-5-22(28-12-14)35-7-6-26/h4-5,9-13,20H,3,6-8H2,1-2H3,(H,29,34)(H,30,33). The number of alkyl halides is 1.